The van der Waals surface area contributed by atoms with Crippen LogP contribution in [0.5, 0.6) is 0 Å². The third-order valence-corrected chi connectivity index (χ3v) is 8.65. The third-order valence-electron chi connectivity index (χ3n) is 8.65. The number of hydrogen-bond acceptors (Lipinski definition) is 7. The van der Waals surface area contributed by atoms with Crippen LogP contribution in [0, 0.1) is 17.8 Å². The minimum atomic E-state index is -0.501. The van der Waals surface area contributed by atoms with Gasteiger partial charge >= 0.3 is 12.2 Å². The molecule has 2 aliphatic heterocycles. The molecule has 41 heavy (non-hydrogen) atoms. The molecule has 0 radical (unpaired) electrons. The monoisotopic (exact) mass is 570 g/mol. The summed E-state index contributed by atoms with van der Waals surface area (Å²) in [4.78, 5) is 43.6. The molecule has 0 aromatic carbocycles. The topological polar surface area (TPSA) is 101 Å². The summed E-state index contributed by atoms with van der Waals surface area (Å²) in [7, 11) is 0. The maximum atomic E-state index is 12.6. The van der Waals surface area contributed by atoms with E-state index in [1.54, 1.807) is 4.90 Å². The van der Waals surface area contributed by atoms with Crippen LogP contribution < -0.4 is 5.32 Å². The zero-order valence-electron chi connectivity index (χ0n) is 26.1. The molecule has 2 aliphatic carbocycles. The Morgan fingerprint density at radius 1 is 0.902 bits per heavy atom. The molecule has 2 amide bonds. The lowest BCUT2D eigenvalue weighted by Gasteiger charge is -2.40. The van der Waals surface area contributed by atoms with Crippen molar-refractivity contribution in [2.75, 3.05) is 25.0 Å². The third kappa shape index (κ3) is 8.82. The summed E-state index contributed by atoms with van der Waals surface area (Å²) >= 11 is 0. The molecule has 1 aromatic rings. The summed E-state index contributed by atoms with van der Waals surface area (Å²) in [5.74, 6) is 0.870. The number of ether oxygens (including phenoxy) is 2. The zero-order chi connectivity index (χ0) is 30.1. The van der Waals surface area contributed by atoms with Crippen LogP contribution in [-0.2, 0) is 14.3 Å². The number of aromatic nitrogens is 1. The number of likely N-dealkylation sites (tertiary alicyclic amines) is 2. The van der Waals surface area contributed by atoms with Gasteiger partial charge in [-0.2, -0.15) is 0 Å². The van der Waals surface area contributed by atoms with Gasteiger partial charge in [-0.25, -0.2) is 14.6 Å². The van der Waals surface area contributed by atoms with Crippen LogP contribution >= 0.6 is 0 Å². The SMILES string of the molecule is CC(C)(C)OC(=O)N1CCC2(CC2)CC1C=O.Cc1cccc(NCC2CC3(CCN2C(=O)OC(C)(C)C)CC3)n1. The van der Waals surface area contributed by atoms with E-state index in [2.05, 4.69) is 10.3 Å². The van der Waals surface area contributed by atoms with Crippen molar-refractivity contribution in [2.45, 2.75) is 123 Å². The highest BCUT2D eigenvalue weighted by Crippen LogP contribution is 2.56. The molecule has 2 saturated carbocycles. The maximum Gasteiger partial charge on any atom is 0.410 e. The number of nitrogens with one attached hydrogen (secondary N) is 1. The molecule has 228 valence electrons. The summed E-state index contributed by atoms with van der Waals surface area (Å²) in [6, 6.07) is 5.83. The number of hydrogen-bond donors (Lipinski definition) is 1. The lowest BCUT2D eigenvalue weighted by molar-refractivity contribution is -0.114. The van der Waals surface area contributed by atoms with Crippen molar-refractivity contribution < 1.29 is 23.9 Å². The second kappa shape index (κ2) is 11.8. The Morgan fingerprint density at radius 2 is 1.44 bits per heavy atom. The Bertz CT molecular complexity index is 1100. The number of pyridine rings is 1. The number of rotatable bonds is 4. The number of anilines is 1. The number of carbonyl (C=O) groups excluding carboxylic acids is 3. The number of carbonyl (C=O) groups is 3. The van der Waals surface area contributed by atoms with E-state index in [1.807, 2.05) is 71.6 Å². The lowest BCUT2D eigenvalue weighted by atomic mass is 9.88. The van der Waals surface area contributed by atoms with Gasteiger partial charge in [0.05, 0.1) is 12.1 Å². The van der Waals surface area contributed by atoms with Crippen LogP contribution in [0.4, 0.5) is 15.4 Å². The van der Waals surface area contributed by atoms with E-state index in [9.17, 15) is 14.4 Å². The summed E-state index contributed by atoms with van der Waals surface area (Å²) in [6.07, 6.45) is 9.35. The quantitative estimate of drug-likeness (QED) is 0.421. The van der Waals surface area contributed by atoms with E-state index in [0.717, 1.165) is 56.6 Å². The average Bonchev–Trinajstić information content (AvgIpc) is 3.80. The summed E-state index contributed by atoms with van der Waals surface area (Å²) < 4.78 is 10.9. The van der Waals surface area contributed by atoms with Crippen LogP contribution in [-0.4, -0.2) is 76.2 Å². The van der Waals surface area contributed by atoms with Crippen molar-refractivity contribution in [3.63, 3.8) is 0 Å². The number of aryl methyl sites for hydroxylation is 1. The molecule has 9 heteroatoms. The minimum Gasteiger partial charge on any atom is -0.444 e. The molecule has 1 aromatic heterocycles. The second-order valence-electron chi connectivity index (χ2n) is 14.7. The molecule has 9 nitrogen and oxygen atoms in total. The molecule has 2 spiro atoms. The van der Waals surface area contributed by atoms with Gasteiger partial charge in [-0.15, -0.1) is 0 Å². The first-order valence-corrected chi connectivity index (χ1v) is 15.2. The van der Waals surface area contributed by atoms with Crippen molar-refractivity contribution in [3.05, 3.63) is 23.9 Å². The highest BCUT2D eigenvalue weighted by Gasteiger charge is 2.50. The van der Waals surface area contributed by atoms with Gasteiger partial charge in [-0.3, -0.25) is 4.90 Å². The summed E-state index contributed by atoms with van der Waals surface area (Å²) in [6.45, 7) is 15.4. The normalized spacial score (nSPS) is 24.2. The van der Waals surface area contributed by atoms with E-state index < -0.39 is 11.2 Å². The van der Waals surface area contributed by atoms with Crippen molar-refractivity contribution in [2.24, 2.45) is 10.8 Å². The molecule has 2 unspecified atom stereocenters. The Labute approximate surface area is 245 Å². The first-order chi connectivity index (χ1) is 19.1. The van der Waals surface area contributed by atoms with E-state index >= 15 is 0 Å². The highest BCUT2D eigenvalue weighted by molar-refractivity contribution is 5.74. The molecular formula is C32H50N4O5. The van der Waals surface area contributed by atoms with Crippen molar-refractivity contribution in [1.29, 1.82) is 0 Å². The van der Waals surface area contributed by atoms with Crippen LogP contribution in [0.2, 0.25) is 0 Å². The van der Waals surface area contributed by atoms with Crippen LogP contribution in [0.15, 0.2) is 18.2 Å². The molecule has 4 fully saturated rings. The Kier molecular flexibility index (Phi) is 8.95. The fraction of sp³-hybridized carbons (Fsp3) is 0.750. The lowest BCUT2D eigenvalue weighted by Crippen LogP contribution is -2.51. The zero-order valence-corrected chi connectivity index (χ0v) is 26.1. The fourth-order valence-corrected chi connectivity index (χ4v) is 5.97. The van der Waals surface area contributed by atoms with Gasteiger partial charge in [0.2, 0.25) is 0 Å². The van der Waals surface area contributed by atoms with Crippen molar-refractivity contribution >= 4 is 24.3 Å². The van der Waals surface area contributed by atoms with E-state index in [0.29, 0.717) is 17.4 Å². The number of aldehydes is 1. The number of amides is 2. The highest BCUT2D eigenvalue weighted by atomic mass is 16.6. The van der Waals surface area contributed by atoms with Gasteiger partial charge in [0.15, 0.2) is 0 Å². The van der Waals surface area contributed by atoms with E-state index in [4.69, 9.17) is 9.47 Å². The predicted molar refractivity (Wildman–Crippen MR) is 159 cm³/mol. The minimum absolute atomic E-state index is 0.165. The summed E-state index contributed by atoms with van der Waals surface area (Å²) in [5, 5.41) is 3.41. The van der Waals surface area contributed by atoms with Gasteiger partial charge in [0, 0.05) is 25.3 Å². The van der Waals surface area contributed by atoms with Gasteiger partial charge in [0.25, 0.3) is 0 Å². The van der Waals surface area contributed by atoms with E-state index in [-0.39, 0.29) is 24.3 Å². The maximum absolute atomic E-state index is 12.6. The Morgan fingerprint density at radius 3 is 1.95 bits per heavy atom. The van der Waals surface area contributed by atoms with Crippen molar-refractivity contribution in [3.8, 4) is 0 Å². The summed E-state index contributed by atoms with van der Waals surface area (Å²) in [5.41, 5.74) is 0.877. The van der Waals surface area contributed by atoms with Gasteiger partial charge in [-0.05, 0) is 123 Å². The standard InChI is InChI=1S/C19H29N3O2.C13H21NO3/c1-14-6-5-7-16(21-14)20-13-15-12-19(8-9-19)10-11-22(15)17(23)24-18(2,3)4;1-12(2,3)17-11(16)14-7-6-13(4-5-13)8-10(14)9-15/h5-7,15H,8-13H2,1-4H3,(H,20,21);9-10H,4-8H2,1-3H3. The molecule has 5 rings (SSSR count). The molecule has 4 aliphatic rings. The van der Waals surface area contributed by atoms with Crippen LogP contribution in [0.25, 0.3) is 0 Å². The molecule has 3 heterocycles. The second-order valence-corrected chi connectivity index (χ2v) is 14.7. The van der Waals surface area contributed by atoms with Crippen LogP contribution in [0.1, 0.15) is 98.6 Å². The van der Waals surface area contributed by atoms with Gasteiger partial charge in [0.1, 0.15) is 23.3 Å². The molecular weight excluding hydrogens is 520 g/mol. The smallest absolute Gasteiger partial charge is 0.410 e. The van der Waals surface area contributed by atoms with Crippen molar-refractivity contribution in [1.82, 2.24) is 14.8 Å². The first kappa shape index (κ1) is 31.1. The van der Waals surface area contributed by atoms with E-state index in [1.165, 1.54) is 25.7 Å². The fourth-order valence-electron chi connectivity index (χ4n) is 5.97. The van der Waals surface area contributed by atoms with Gasteiger partial charge < -0.3 is 24.5 Å². The number of nitrogens with zero attached hydrogens (tertiary/aromatic N) is 3. The molecule has 2 saturated heterocycles. The average molecular weight is 571 g/mol. The largest absolute Gasteiger partial charge is 0.444 e. The van der Waals surface area contributed by atoms with Gasteiger partial charge in [-0.1, -0.05) is 6.07 Å². The number of piperidine rings is 2. The van der Waals surface area contributed by atoms with Crippen LogP contribution in [0.3, 0.4) is 0 Å². The molecule has 2 atom stereocenters. The molecule has 0 bridgehead atoms. The predicted octanol–water partition coefficient (Wildman–Crippen LogP) is 6.35. The first-order valence-electron chi connectivity index (χ1n) is 15.2. The Hall–Kier alpha value is -2.84. The molecule has 1 N–H and O–H groups in total. The Balaban J connectivity index is 0.000000201.